The Morgan fingerprint density at radius 1 is 0.870 bits per heavy atom. The summed E-state index contributed by atoms with van der Waals surface area (Å²) in [5.74, 6) is -25.5. The lowest BCUT2D eigenvalue weighted by atomic mass is 9.95. The van der Waals surface area contributed by atoms with Gasteiger partial charge in [-0.15, -0.1) is 0 Å². The van der Waals surface area contributed by atoms with Crippen molar-refractivity contribution in [2.45, 2.75) is 69.1 Å². The highest BCUT2D eigenvalue weighted by molar-refractivity contribution is 5.84. The number of halogens is 8. The summed E-state index contributed by atoms with van der Waals surface area (Å²) in [5, 5.41) is 0.369. The van der Waals surface area contributed by atoms with E-state index in [0.717, 1.165) is 37.3 Å². The molecule has 0 spiro atoms. The number of rotatable bonds is 17. The first-order chi connectivity index (χ1) is 21.5. The molecule has 252 valence electrons. The summed E-state index contributed by atoms with van der Waals surface area (Å²) in [7, 11) is 1.46. The lowest BCUT2D eigenvalue weighted by Gasteiger charge is -2.36. The molecule has 0 aliphatic rings. The van der Waals surface area contributed by atoms with Gasteiger partial charge in [-0.2, -0.15) is 35.1 Å². The molecule has 0 amide bonds. The number of esters is 1. The van der Waals surface area contributed by atoms with Gasteiger partial charge in [-0.25, -0.2) is 9.59 Å². The Labute approximate surface area is 258 Å². The molecule has 0 bridgehead atoms. The van der Waals surface area contributed by atoms with E-state index in [9.17, 15) is 44.7 Å². The number of ether oxygens (including phenoxy) is 3. The summed E-state index contributed by atoms with van der Waals surface area (Å²) in [6.45, 7) is 2.28. The molecule has 0 saturated heterocycles. The monoisotopic (exact) mass is 664 g/mol. The number of carbonyl (C=O) groups excluding carboxylic acids is 1. The van der Waals surface area contributed by atoms with Crippen LogP contribution in [-0.4, -0.2) is 50.0 Å². The van der Waals surface area contributed by atoms with Crippen molar-refractivity contribution in [1.29, 1.82) is 0 Å². The van der Waals surface area contributed by atoms with Gasteiger partial charge < -0.3 is 18.6 Å². The Kier molecular flexibility index (Phi) is 11.5. The molecule has 46 heavy (non-hydrogen) atoms. The number of fused-ring (bicyclic) bond motifs is 1. The first kappa shape index (κ1) is 36.4. The molecule has 0 fully saturated rings. The van der Waals surface area contributed by atoms with E-state index in [2.05, 4.69) is 18.2 Å². The lowest BCUT2D eigenvalue weighted by Crippen LogP contribution is -2.62. The maximum Gasteiger partial charge on any atom is 0.378 e. The molecule has 0 aliphatic carbocycles. The Morgan fingerprint density at radius 2 is 1.52 bits per heavy atom. The van der Waals surface area contributed by atoms with Crippen molar-refractivity contribution in [1.82, 2.24) is 0 Å². The molecule has 14 heteroatoms. The highest BCUT2D eigenvalue weighted by Crippen LogP contribution is 2.54. The maximum absolute atomic E-state index is 14.3. The van der Waals surface area contributed by atoms with E-state index in [0.29, 0.717) is 22.8 Å². The lowest BCUT2D eigenvalue weighted by molar-refractivity contribution is -0.368. The second-order valence-electron chi connectivity index (χ2n) is 10.4. The quantitative estimate of drug-likeness (QED) is 0.0473. The van der Waals surface area contributed by atoms with Gasteiger partial charge >= 0.3 is 35.3 Å². The molecule has 6 nitrogen and oxygen atoms in total. The average Bonchev–Trinajstić information content (AvgIpc) is 3.00. The SMILES string of the molecule is C=CC(=O)OCCC(F)(F)C(F)(F)C(F)(F)C(F)(F)CCOc1ccc2cc(-c3ccc(CCCCC)cc3OC)c(=O)oc2c1. The number of unbranched alkanes of at least 4 members (excludes halogenated alkanes) is 2. The van der Waals surface area contributed by atoms with Crippen LogP contribution in [-0.2, 0) is 16.0 Å². The molecular weight excluding hydrogens is 632 g/mol. The molecule has 2 aromatic carbocycles. The van der Waals surface area contributed by atoms with Gasteiger partial charge in [-0.1, -0.05) is 38.5 Å². The number of carbonyl (C=O) groups is 1. The van der Waals surface area contributed by atoms with Crippen LogP contribution in [0.25, 0.3) is 22.1 Å². The van der Waals surface area contributed by atoms with Crippen LogP contribution in [0.5, 0.6) is 11.5 Å². The zero-order valence-corrected chi connectivity index (χ0v) is 25.0. The van der Waals surface area contributed by atoms with Crippen LogP contribution in [0, 0.1) is 0 Å². The van der Waals surface area contributed by atoms with Crippen LogP contribution in [0.3, 0.4) is 0 Å². The van der Waals surface area contributed by atoms with Crippen LogP contribution in [0.15, 0.2) is 64.3 Å². The van der Waals surface area contributed by atoms with Gasteiger partial charge in [-0.3, -0.25) is 0 Å². The first-order valence-corrected chi connectivity index (χ1v) is 14.2. The summed E-state index contributed by atoms with van der Waals surface area (Å²) in [5.41, 5.74) is 0.795. The number of benzene rings is 2. The van der Waals surface area contributed by atoms with Crippen molar-refractivity contribution in [2.24, 2.45) is 0 Å². The fourth-order valence-electron chi connectivity index (χ4n) is 4.47. The second-order valence-corrected chi connectivity index (χ2v) is 10.4. The van der Waals surface area contributed by atoms with E-state index < -0.39 is 61.3 Å². The van der Waals surface area contributed by atoms with Gasteiger partial charge in [0.2, 0.25) is 0 Å². The molecule has 0 aliphatic heterocycles. The standard InChI is InChI=1S/C32H32F8O6/c1-4-6-7-8-20-9-12-23(26(17-20)43-3)24-18-21-10-11-22(19-25(21)46-28(24)42)44-15-13-29(33,34)31(37,38)32(39,40)30(35,36)14-16-45-27(41)5-2/h5,9-12,17-19H,2,4,6-8,13-16H2,1,3H3. The van der Waals surface area contributed by atoms with E-state index in [1.165, 1.54) is 25.3 Å². The molecule has 0 N–H and O–H groups in total. The van der Waals surface area contributed by atoms with E-state index in [1.54, 1.807) is 6.07 Å². The summed E-state index contributed by atoms with van der Waals surface area (Å²) in [6, 6.07) is 10.6. The molecule has 0 saturated carbocycles. The number of hydrogen-bond acceptors (Lipinski definition) is 6. The third kappa shape index (κ3) is 7.81. The van der Waals surface area contributed by atoms with Crippen molar-refractivity contribution in [2.75, 3.05) is 20.3 Å². The van der Waals surface area contributed by atoms with Crippen LogP contribution in [0.4, 0.5) is 35.1 Å². The number of alkyl halides is 8. The minimum Gasteiger partial charge on any atom is -0.496 e. The van der Waals surface area contributed by atoms with Gasteiger partial charge in [-0.05, 0) is 42.7 Å². The normalized spacial score (nSPS) is 12.7. The van der Waals surface area contributed by atoms with Gasteiger partial charge in [0.1, 0.15) is 17.1 Å². The van der Waals surface area contributed by atoms with E-state index in [4.69, 9.17) is 13.9 Å². The number of hydrogen-bond donors (Lipinski definition) is 0. The fourth-order valence-corrected chi connectivity index (χ4v) is 4.47. The highest BCUT2D eigenvalue weighted by Gasteiger charge is 2.79. The van der Waals surface area contributed by atoms with Gasteiger partial charge in [0, 0.05) is 23.1 Å². The third-order valence-electron chi connectivity index (χ3n) is 7.16. The molecule has 0 radical (unpaired) electrons. The largest absolute Gasteiger partial charge is 0.496 e. The van der Waals surface area contributed by atoms with Crippen LogP contribution >= 0.6 is 0 Å². The molecule has 3 rings (SSSR count). The predicted octanol–water partition coefficient (Wildman–Crippen LogP) is 8.63. The molecule has 1 heterocycles. The van der Waals surface area contributed by atoms with Crippen LogP contribution in [0.2, 0.25) is 0 Å². The molecule has 1 aromatic heterocycles. The fraction of sp³-hybridized carbons (Fsp3) is 0.438. The van der Waals surface area contributed by atoms with E-state index in [1.807, 2.05) is 12.1 Å². The summed E-state index contributed by atoms with van der Waals surface area (Å²) in [4.78, 5) is 23.7. The Hall–Kier alpha value is -4.10. The van der Waals surface area contributed by atoms with E-state index in [-0.39, 0.29) is 16.9 Å². The minimum atomic E-state index is -6.52. The van der Waals surface area contributed by atoms with Crippen molar-refractivity contribution in [3.05, 3.63) is 71.1 Å². The molecule has 0 atom stereocenters. The van der Waals surface area contributed by atoms with Crippen molar-refractivity contribution >= 4 is 16.9 Å². The molecular formula is C32H32F8O6. The molecule has 0 unspecified atom stereocenters. The van der Waals surface area contributed by atoms with E-state index >= 15 is 0 Å². The second kappa shape index (κ2) is 14.5. The average molecular weight is 665 g/mol. The Morgan fingerprint density at radius 3 is 2.13 bits per heavy atom. The van der Waals surface area contributed by atoms with Crippen LogP contribution in [0.1, 0.15) is 44.6 Å². The zero-order valence-electron chi connectivity index (χ0n) is 25.0. The zero-order chi connectivity index (χ0) is 34.3. The maximum atomic E-state index is 14.3. The summed E-state index contributed by atoms with van der Waals surface area (Å²) >= 11 is 0. The Balaban J connectivity index is 1.73. The van der Waals surface area contributed by atoms with Gasteiger partial charge in [0.05, 0.1) is 38.7 Å². The first-order valence-electron chi connectivity index (χ1n) is 14.2. The topological polar surface area (TPSA) is 75.0 Å². The van der Waals surface area contributed by atoms with Crippen LogP contribution < -0.4 is 15.1 Å². The van der Waals surface area contributed by atoms with Gasteiger partial charge in [0.25, 0.3) is 0 Å². The smallest absolute Gasteiger partial charge is 0.378 e. The number of methoxy groups -OCH3 is 1. The third-order valence-corrected chi connectivity index (χ3v) is 7.16. The number of aryl methyl sites for hydroxylation is 1. The summed E-state index contributed by atoms with van der Waals surface area (Å²) in [6.07, 6.45) is 0.211. The summed E-state index contributed by atoms with van der Waals surface area (Å²) < 4.78 is 133. The van der Waals surface area contributed by atoms with Crippen molar-refractivity contribution in [3.8, 4) is 22.6 Å². The molecule has 3 aromatic rings. The van der Waals surface area contributed by atoms with Crippen molar-refractivity contribution < 1.29 is 58.5 Å². The van der Waals surface area contributed by atoms with Gasteiger partial charge in [0.15, 0.2) is 0 Å². The van der Waals surface area contributed by atoms with Crippen molar-refractivity contribution in [3.63, 3.8) is 0 Å². The minimum absolute atomic E-state index is 0.0678. The predicted molar refractivity (Wildman–Crippen MR) is 153 cm³/mol. The Bertz CT molecular complexity index is 1580. The highest BCUT2D eigenvalue weighted by atomic mass is 19.4.